The van der Waals surface area contributed by atoms with Crippen molar-refractivity contribution < 1.29 is 14.7 Å². The van der Waals surface area contributed by atoms with Crippen LogP contribution in [-0.4, -0.2) is 34.0 Å². The Balaban J connectivity index is 1.93. The summed E-state index contributed by atoms with van der Waals surface area (Å²) in [4.78, 5) is 25.9. The van der Waals surface area contributed by atoms with E-state index in [1.54, 1.807) is 23.2 Å². The molecule has 98 valence electrons. The van der Waals surface area contributed by atoms with Crippen LogP contribution in [0.3, 0.4) is 0 Å². The van der Waals surface area contributed by atoms with Gasteiger partial charge in [-0.2, -0.15) is 0 Å². The zero-order chi connectivity index (χ0) is 13.1. The molecule has 0 bridgehead atoms. The minimum absolute atomic E-state index is 0.0409. The molecule has 1 saturated carbocycles. The summed E-state index contributed by atoms with van der Waals surface area (Å²) < 4.78 is 0. The van der Waals surface area contributed by atoms with Crippen LogP contribution in [0.25, 0.3) is 0 Å². The Bertz CT molecular complexity index is 425. The third-order valence-electron chi connectivity index (χ3n) is 3.17. The minimum Gasteiger partial charge on any atom is -0.480 e. The van der Waals surface area contributed by atoms with Crippen LogP contribution in [0, 0.1) is 0 Å². The van der Waals surface area contributed by atoms with Crippen LogP contribution in [-0.2, 0) is 16.0 Å². The van der Waals surface area contributed by atoms with Crippen LogP contribution in [0.1, 0.15) is 31.1 Å². The summed E-state index contributed by atoms with van der Waals surface area (Å²) in [5.74, 6) is -0.966. The summed E-state index contributed by atoms with van der Waals surface area (Å²) in [6.07, 6.45) is 2.96. The van der Waals surface area contributed by atoms with Gasteiger partial charge in [0.2, 0.25) is 5.91 Å². The van der Waals surface area contributed by atoms with E-state index in [0.717, 1.165) is 12.8 Å². The van der Waals surface area contributed by atoms with E-state index in [9.17, 15) is 9.59 Å². The number of hydrogen-bond acceptors (Lipinski definition) is 3. The van der Waals surface area contributed by atoms with E-state index in [2.05, 4.69) is 0 Å². The lowest BCUT2D eigenvalue weighted by molar-refractivity contribution is -0.150. The van der Waals surface area contributed by atoms with Gasteiger partial charge in [-0.25, -0.2) is 4.79 Å². The van der Waals surface area contributed by atoms with Crippen LogP contribution in [0.15, 0.2) is 17.5 Å². The van der Waals surface area contributed by atoms with E-state index in [1.165, 1.54) is 4.88 Å². The highest BCUT2D eigenvalue weighted by Gasteiger charge is 2.37. The van der Waals surface area contributed by atoms with Crippen molar-refractivity contribution >= 4 is 23.2 Å². The molecule has 1 aliphatic carbocycles. The first-order valence-electron chi connectivity index (χ1n) is 6.16. The Hall–Kier alpha value is -1.36. The van der Waals surface area contributed by atoms with E-state index in [4.69, 9.17) is 5.11 Å². The van der Waals surface area contributed by atoms with Crippen LogP contribution in [0.5, 0.6) is 0 Å². The number of carboxylic acids is 1. The number of carboxylic acid groups (broad SMARTS) is 1. The Morgan fingerprint density at radius 2 is 2.28 bits per heavy atom. The molecule has 1 amide bonds. The third-order valence-corrected chi connectivity index (χ3v) is 4.10. The highest BCUT2D eigenvalue weighted by atomic mass is 32.1. The molecule has 4 nitrogen and oxygen atoms in total. The van der Waals surface area contributed by atoms with Gasteiger partial charge < -0.3 is 10.0 Å². The van der Waals surface area contributed by atoms with E-state index in [1.807, 2.05) is 17.5 Å². The summed E-state index contributed by atoms with van der Waals surface area (Å²) in [7, 11) is 0. The molecule has 5 heteroatoms. The lowest BCUT2D eigenvalue weighted by Gasteiger charge is -2.26. The van der Waals surface area contributed by atoms with Crippen molar-refractivity contribution in [1.29, 1.82) is 0 Å². The van der Waals surface area contributed by atoms with Gasteiger partial charge in [0, 0.05) is 17.3 Å². The summed E-state index contributed by atoms with van der Waals surface area (Å²) in [6.45, 7) is 1.59. The highest BCUT2D eigenvalue weighted by Crippen LogP contribution is 2.29. The fourth-order valence-electron chi connectivity index (χ4n) is 2.02. The SMILES string of the molecule is CC(C(=O)O)N(C(=O)CCc1cccs1)C1CC1. The average molecular weight is 267 g/mol. The Morgan fingerprint density at radius 3 is 2.78 bits per heavy atom. The number of rotatable bonds is 6. The first kappa shape index (κ1) is 13.1. The zero-order valence-corrected chi connectivity index (χ0v) is 11.2. The molecule has 1 aromatic heterocycles. The van der Waals surface area contributed by atoms with Gasteiger partial charge in [-0.3, -0.25) is 4.79 Å². The number of carbonyl (C=O) groups excluding carboxylic acids is 1. The van der Waals surface area contributed by atoms with Crippen molar-refractivity contribution in [1.82, 2.24) is 4.90 Å². The van der Waals surface area contributed by atoms with Gasteiger partial charge in [0.25, 0.3) is 0 Å². The molecular formula is C13H17NO3S. The predicted molar refractivity (Wildman–Crippen MR) is 69.6 cm³/mol. The number of aryl methyl sites for hydroxylation is 1. The molecule has 0 aromatic carbocycles. The zero-order valence-electron chi connectivity index (χ0n) is 10.3. The lowest BCUT2D eigenvalue weighted by Crippen LogP contribution is -2.44. The van der Waals surface area contributed by atoms with Gasteiger partial charge in [-0.15, -0.1) is 11.3 Å². The summed E-state index contributed by atoms with van der Waals surface area (Å²) >= 11 is 1.63. The van der Waals surface area contributed by atoms with Crippen molar-refractivity contribution in [3.63, 3.8) is 0 Å². The minimum atomic E-state index is -0.925. The largest absolute Gasteiger partial charge is 0.480 e. The topological polar surface area (TPSA) is 57.6 Å². The Kier molecular flexibility index (Phi) is 4.01. The first-order valence-corrected chi connectivity index (χ1v) is 7.04. The average Bonchev–Trinajstić information content (AvgIpc) is 3.02. The van der Waals surface area contributed by atoms with Gasteiger partial charge in [-0.1, -0.05) is 6.07 Å². The molecule has 0 spiro atoms. The monoisotopic (exact) mass is 267 g/mol. The number of aliphatic carboxylic acids is 1. The molecule has 1 aromatic rings. The van der Waals surface area contributed by atoms with Crippen LogP contribution in [0.2, 0.25) is 0 Å². The van der Waals surface area contributed by atoms with E-state index in [0.29, 0.717) is 12.8 Å². The van der Waals surface area contributed by atoms with Crippen molar-refractivity contribution in [2.75, 3.05) is 0 Å². The maximum Gasteiger partial charge on any atom is 0.326 e. The predicted octanol–water partition coefficient (Wildman–Crippen LogP) is 2.14. The molecule has 1 heterocycles. The maximum absolute atomic E-state index is 12.1. The summed E-state index contributed by atoms with van der Waals surface area (Å²) in [6, 6.07) is 3.39. The van der Waals surface area contributed by atoms with Gasteiger partial charge >= 0.3 is 5.97 Å². The normalized spacial score (nSPS) is 16.3. The molecule has 1 fully saturated rings. The van der Waals surface area contributed by atoms with E-state index in [-0.39, 0.29) is 11.9 Å². The number of nitrogens with zero attached hydrogens (tertiary/aromatic N) is 1. The maximum atomic E-state index is 12.1. The van der Waals surface area contributed by atoms with Crippen molar-refractivity contribution in [3.05, 3.63) is 22.4 Å². The Morgan fingerprint density at radius 1 is 1.56 bits per heavy atom. The van der Waals surface area contributed by atoms with E-state index >= 15 is 0 Å². The van der Waals surface area contributed by atoms with E-state index < -0.39 is 12.0 Å². The molecular weight excluding hydrogens is 250 g/mol. The number of hydrogen-bond donors (Lipinski definition) is 1. The first-order chi connectivity index (χ1) is 8.59. The second-order valence-electron chi connectivity index (χ2n) is 4.63. The molecule has 1 unspecified atom stereocenters. The lowest BCUT2D eigenvalue weighted by atomic mass is 10.2. The van der Waals surface area contributed by atoms with Gasteiger partial charge in [-0.05, 0) is 37.6 Å². The molecule has 18 heavy (non-hydrogen) atoms. The van der Waals surface area contributed by atoms with Crippen molar-refractivity contribution in [2.45, 2.75) is 44.7 Å². The van der Waals surface area contributed by atoms with Crippen LogP contribution >= 0.6 is 11.3 Å². The number of carbonyl (C=O) groups is 2. The van der Waals surface area contributed by atoms with Crippen LogP contribution in [0.4, 0.5) is 0 Å². The molecule has 0 aliphatic heterocycles. The second-order valence-corrected chi connectivity index (χ2v) is 5.66. The fraction of sp³-hybridized carbons (Fsp3) is 0.538. The summed E-state index contributed by atoms with van der Waals surface area (Å²) in [5.41, 5.74) is 0. The van der Waals surface area contributed by atoms with Crippen molar-refractivity contribution in [3.8, 4) is 0 Å². The third kappa shape index (κ3) is 3.10. The smallest absolute Gasteiger partial charge is 0.326 e. The van der Waals surface area contributed by atoms with Gasteiger partial charge in [0.05, 0.1) is 0 Å². The number of amides is 1. The molecule has 1 N–H and O–H groups in total. The van der Waals surface area contributed by atoms with Gasteiger partial charge in [0.1, 0.15) is 6.04 Å². The number of thiophene rings is 1. The quantitative estimate of drug-likeness (QED) is 0.859. The van der Waals surface area contributed by atoms with Crippen LogP contribution < -0.4 is 0 Å². The molecule has 1 atom stereocenters. The highest BCUT2D eigenvalue weighted by molar-refractivity contribution is 7.09. The molecule has 0 saturated heterocycles. The second kappa shape index (κ2) is 5.52. The molecule has 2 rings (SSSR count). The molecule has 1 aliphatic rings. The fourth-order valence-corrected chi connectivity index (χ4v) is 2.73. The molecule has 0 radical (unpaired) electrons. The van der Waals surface area contributed by atoms with Gasteiger partial charge in [0.15, 0.2) is 0 Å². The summed E-state index contributed by atoms with van der Waals surface area (Å²) in [5, 5.41) is 11.0. The standard InChI is InChI=1S/C13H17NO3S/c1-9(13(16)17)14(10-4-5-10)12(15)7-6-11-3-2-8-18-11/h2-3,8-10H,4-7H2,1H3,(H,16,17). The van der Waals surface area contributed by atoms with Crippen molar-refractivity contribution in [2.24, 2.45) is 0 Å². The Labute approximate surface area is 110 Å².